The van der Waals surface area contributed by atoms with Gasteiger partial charge in [0.1, 0.15) is 0 Å². The van der Waals surface area contributed by atoms with Crippen LogP contribution in [0.25, 0.3) is 0 Å². The van der Waals surface area contributed by atoms with Crippen LogP contribution in [0.1, 0.15) is 24.5 Å². The van der Waals surface area contributed by atoms with Crippen LogP contribution in [0.15, 0.2) is 18.2 Å². The predicted octanol–water partition coefficient (Wildman–Crippen LogP) is 2.21. The van der Waals surface area contributed by atoms with E-state index < -0.39 is 0 Å². The lowest BCUT2D eigenvalue weighted by Crippen LogP contribution is -2.08. The molecule has 2 nitrogen and oxygen atoms in total. The molecule has 1 aliphatic carbocycles. The van der Waals surface area contributed by atoms with Gasteiger partial charge in [-0.25, -0.2) is 0 Å². The van der Waals surface area contributed by atoms with Crippen molar-refractivity contribution in [3.05, 3.63) is 35.7 Å². The Hall–Kier alpha value is -1.31. The highest BCUT2D eigenvalue weighted by Gasteiger charge is 2.09. The minimum atomic E-state index is -0.0197. The van der Waals surface area contributed by atoms with Crippen LogP contribution in [-0.2, 0) is 17.6 Å². The highest BCUT2D eigenvalue weighted by Crippen LogP contribution is 2.23. The lowest BCUT2D eigenvalue weighted by molar-refractivity contribution is -0.114. The van der Waals surface area contributed by atoms with Crippen molar-refractivity contribution in [1.29, 1.82) is 0 Å². The second-order valence-electron chi connectivity index (χ2n) is 3.59. The molecule has 1 aliphatic rings. The maximum Gasteiger partial charge on any atom is 0.221 e. The third kappa shape index (κ3) is 1.95. The average molecular weight is 187 g/mol. The Kier molecular flexibility index (Phi) is 2.53. The fourth-order valence-electron chi connectivity index (χ4n) is 1.76. The van der Waals surface area contributed by atoms with Gasteiger partial charge in [-0.1, -0.05) is 6.07 Å². The summed E-state index contributed by atoms with van der Waals surface area (Å²) in [5.41, 5.74) is 3.57. The van der Waals surface area contributed by atoms with Gasteiger partial charge in [0.25, 0.3) is 0 Å². The van der Waals surface area contributed by atoms with Crippen molar-refractivity contribution in [2.24, 2.45) is 0 Å². The van der Waals surface area contributed by atoms with Crippen molar-refractivity contribution < 1.29 is 4.79 Å². The van der Waals surface area contributed by atoms with Crippen LogP contribution in [0.2, 0.25) is 0 Å². The molecule has 2 radical (unpaired) electrons. The van der Waals surface area contributed by atoms with Crippen molar-refractivity contribution in [1.82, 2.24) is 0 Å². The maximum atomic E-state index is 10.9. The molecule has 1 aromatic carbocycles. The summed E-state index contributed by atoms with van der Waals surface area (Å²) in [7, 11) is 0. The largest absolute Gasteiger partial charge is 0.326 e. The van der Waals surface area contributed by atoms with E-state index in [-0.39, 0.29) is 5.91 Å². The summed E-state index contributed by atoms with van der Waals surface area (Å²) in [6.07, 6.45) is 6.34. The number of fused-ring (bicyclic) bond motifs is 1. The maximum absolute atomic E-state index is 10.9. The molecule has 0 saturated heterocycles. The first-order valence-corrected chi connectivity index (χ1v) is 4.86. The monoisotopic (exact) mass is 187 g/mol. The second kappa shape index (κ2) is 3.82. The van der Waals surface area contributed by atoms with Gasteiger partial charge in [0.05, 0.1) is 0 Å². The van der Waals surface area contributed by atoms with Crippen LogP contribution in [-0.4, -0.2) is 5.91 Å². The molecule has 2 rings (SSSR count). The van der Waals surface area contributed by atoms with Gasteiger partial charge in [-0.05, 0) is 48.9 Å². The second-order valence-corrected chi connectivity index (χ2v) is 3.59. The van der Waals surface area contributed by atoms with Gasteiger partial charge in [-0.3, -0.25) is 4.79 Å². The van der Waals surface area contributed by atoms with Crippen molar-refractivity contribution >= 4 is 11.6 Å². The Labute approximate surface area is 84.3 Å². The van der Waals surface area contributed by atoms with Gasteiger partial charge in [0, 0.05) is 12.6 Å². The number of rotatable bonds is 1. The smallest absolute Gasteiger partial charge is 0.221 e. The van der Waals surface area contributed by atoms with E-state index >= 15 is 0 Å². The molecule has 14 heavy (non-hydrogen) atoms. The Balaban J connectivity index is 2.24. The molecule has 1 aromatic rings. The van der Waals surface area contributed by atoms with Crippen molar-refractivity contribution in [2.75, 3.05) is 5.32 Å². The van der Waals surface area contributed by atoms with Crippen LogP contribution in [0, 0.1) is 6.42 Å². The summed E-state index contributed by atoms with van der Waals surface area (Å²) in [6, 6.07) is 6.11. The average Bonchev–Trinajstić information content (AvgIpc) is 2.17. The fraction of sp³-hybridized carbons (Fsp3) is 0.333. The Morgan fingerprint density at radius 1 is 1.43 bits per heavy atom. The molecule has 0 aromatic heterocycles. The molecule has 0 heterocycles. The van der Waals surface area contributed by atoms with Gasteiger partial charge in [-0.15, -0.1) is 0 Å². The van der Waals surface area contributed by atoms with Crippen LogP contribution in [0.5, 0.6) is 0 Å². The van der Waals surface area contributed by atoms with Crippen molar-refractivity contribution in [3.8, 4) is 0 Å². The molecule has 1 N–H and O–H groups in total. The minimum Gasteiger partial charge on any atom is -0.326 e. The lowest BCUT2D eigenvalue weighted by atomic mass is 9.91. The highest BCUT2D eigenvalue weighted by atomic mass is 16.1. The molecule has 0 atom stereocenters. The number of carbonyl (C=O) groups is 1. The third-order valence-corrected chi connectivity index (χ3v) is 2.41. The van der Waals surface area contributed by atoms with Gasteiger partial charge in [-0.2, -0.15) is 0 Å². The SMILES string of the molecule is CC(=O)Nc1ccc2c(c1)C[C]CC2. The molecule has 72 valence electrons. The number of nitrogens with one attached hydrogen (secondary N) is 1. The molecule has 2 heteroatoms. The number of amides is 1. The van der Waals surface area contributed by atoms with E-state index in [1.165, 1.54) is 18.1 Å². The van der Waals surface area contributed by atoms with Gasteiger partial charge in [0.2, 0.25) is 5.91 Å². The summed E-state index contributed by atoms with van der Waals surface area (Å²) in [4.78, 5) is 10.9. The van der Waals surface area contributed by atoms with E-state index in [0.29, 0.717) is 0 Å². The van der Waals surface area contributed by atoms with Crippen LogP contribution < -0.4 is 5.32 Å². The third-order valence-electron chi connectivity index (χ3n) is 2.41. The topological polar surface area (TPSA) is 29.1 Å². The summed E-state index contributed by atoms with van der Waals surface area (Å²) in [5, 5.41) is 2.79. The van der Waals surface area contributed by atoms with Crippen LogP contribution in [0.3, 0.4) is 0 Å². The molecule has 0 unspecified atom stereocenters. The van der Waals surface area contributed by atoms with Crippen molar-refractivity contribution in [3.63, 3.8) is 0 Å². The fourth-order valence-corrected chi connectivity index (χ4v) is 1.76. The zero-order chi connectivity index (χ0) is 9.97. The zero-order valence-electron chi connectivity index (χ0n) is 8.26. The predicted molar refractivity (Wildman–Crippen MR) is 56.0 cm³/mol. The van der Waals surface area contributed by atoms with Gasteiger partial charge < -0.3 is 5.32 Å². The minimum absolute atomic E-state index is 0.0197. The molecule has 0 fully saturated rings. The van der Waals surface area contributed by atoms with E-state index in [1.54, 1.807) is 0 Å². The van der Waals surface area contributed by atoms with Crippen LogP contribution in [0.4, 0.5) is 5.69 Å². The first-order valence-electron chi connectivity index (χ1n) is 4.86. The summed E-state index contributed by atoms with van der Waals surface area (Å²) < 4.78 is 0. The zero-order valence-corrected chi connectivity index (χ0v) is 8.26. The van der Waals surface area contributed by atoms with Gasteiger partial charge >= 0.3 is 0 Å². The Morgan fingerprint density at radius 3 is 3.07 bits per heavy atom. The standard InChI is InChI=1S/C12H13NO/c1-9(14)13-12-7-6-10-4-2-3-5-11(10)8-12/h6-8H,2,4-5H2,1H3,(H,13,14). The van der Waals surface area contributed by atoms with E-state index in [4.69, 9.17) is 0 Å². The summed E-state index contributed by atoms with van der Waals surface area (Å²) >= 11 is 0. The molecular weight excluding hydrogens is 174 g/mol. The molecule has 0 saturated carbocycles. The highest BCUT2D eigenvalue weighted by molar-refractivity contribution is 5.88. The van der Waals surface area contributed by atoms with E-state index in [2.05, 4.69) is 17.8 Å². The quantitative estimate of drug-likeness (QED) is 0.717. The number of carbonyl (C=O) groups excluding carboxylic acids is 1. The van der Waals surface area contributed by atoms with Crippen molar-refractivity contribution in [2.45, 2.75) is 26.2 Å². The first kappa shape index (κ1) is 9.25. The Morgan fingerprint density at radius 2 is 2.29 bits per heavy atom. The number of anilines is 1. The number of hydrogen-bond acceptors (Lipinski definition) is 1. The molecular formula is C12H13NO. The van der Waals surface area contributed by atoms with E-state index in [1.807, 2.05) is 12.1 Å². The molecule has 1 amide bonds. The lowest BCUT2D eigenvalue weighted by Gasteiger charge is -2.16. The normalized spacial score (nSPS) is 14.6. The van der Waals surface area contributed by atoms with E-state index in [0.717, 1.165) is 24.9 Å². The summed E-state index contributed by atoms with van der Waals surface area (Å²) in [6.45, 7) is 1.53. The number of aryl methyl sites for hydroxylation is 1. The first-order chi connectivity index (χ1) is 6.75. The van der Waals surface area contributed by atoms with Gasteiger partial charge in [0.15, 0.2) is 0 Å². The molecule has 0 bridgehead atoms. The Bertz CT molecular complexity index is 357. The molecule has 0 spiro atoms. The molecule has 0 aliphatic heterocycles. The summed E-state index contributed by atoms with van der Waals surface area (Å²) in [5.74, 6) is -0.0197. The number of benzene rings is 1. The van der Waals surface area contributed by atoms with E-state index in [9.17, 15) is 4.79 Å². The van der Waals surface area contributed by atoms with Crippen LogP contribution >= 0.6 is 0 Å². The number of hydrogen-bond donors (Lipinski definition) is 1.